The van der Waals surface area contributed by atoms with Crippen LogP contribution in [0.3, 0.4) is 0 Å². The van der Waals surface area contributed by atoms with Crippen LogP contribution >= 0.6 is 0 Å². The van der Waals surface area contributed by atoms with Crippen molar-refractivity contribution in [3.8, 4) is 23.0 Å². The molecule has 0 aliphatic rings. The molecule has 0 saturated heterocycles. The SMILES string of the molecule is Nc1c(C(F)(F)F)cc(Oc2cccc(Oc3cc(C(F)(F)F)c(N)c(C(F)(F)F)c3)c2C(F)(F)F)cc1C(F)(F)F. The number of anilines is 2. The summed E-state index contributed by atoms with van der Waals surface area (Å²) in [6.07, 6.45) is -27.8. The first-order valence-electron chi connectivity index (χ1n) is 10.5. The molecule has 0 saturated carbocycles. The summed E-state index contributed by atoms with van der Waals surface area (Å²) in [6, 6.07) is 0.786. The fourth-order valence-electron chi connectivity index (χ4n) is 3.52. The molecule has 3 rings (SSSR count). The molecule has 4 N–H and O–H groups in total. The molecule has 3 aromatic carbocycles. The van der Waals surface area contributed by atoms with Gasteiger partial charge in [-0.3, -0.25) is 0 Å². The molecule has 4 nitrogen and oxygen atoms in total. The molecule has 0 aromatic heterocycles. The van der Waals surface area contributed by atoms with E-state index in [-0.39, 0.29) is 24.3 Å². The van der Waals surface area contributed by atoms with E-state index in [1.165, 1.54) is 0 Å². The third-order valence-corrected chi connectivity index (χ3v) is 5.26. The van der Waals surface area contributed by atoms with E-state index in [1.54, 1.807) is 0 Å². The Kier molecular flexibility index (Phi) is 7.90. The Labute approximate surface area is 223 Å². The molecule has 0 aliphatic carbocycles. The van der Waals surface area contributed by atoms with Crippen LogP contribution in [0.25, 0.3) is 0 Å². The zero-order chi connectivity index (χ0) is 32.2. The molecular weight excluding hydrogens is 621 g/mol. The maximum atomic E-state index is 14.0. The smallest absolute Gasteiger partial charge is 0.423 e. The lowest BCUT2D eigenvalue weighted by Crippen LogP contribution is -2.16. The lowest BCUT2D eigenvalue weighted by molar-refractivity contribution is -0.143. The molecule has 0 atom stereocenters. The van der Waals surface area contributed by atoms with E-state index < -0.39 is 93.1 Å². The summed E-state index contributed by atoms with van der Waals surface area (Å²) in [6.45, 7) is 0. The van der Waals surface area contributed by atoms with Gasteiger partial charge in [0.25, 0.3) is 0 Å². The van der Waals surface area contributed by atoms with Crippen LogP contribution in [0, 0.1) is 0 Å². The predicted molar refractivity (Wildman–Crippen MR) is 113 cm³/mol. The fourth-order valence-corrected chi connectivity index (χ4v) is 3.52. The largest absolute Gasteiger partial charge is 0.457 e. The van der Waals surface area contributed by atoms with Crippen molar-refractivity contribution in [3.05, 3.63) is 70.3 Å². The van der Waals surface area contributed by atoms with Crippen molar-refractivity contribution in [1.82, 2.24) is 0 Å². The third kappa shape index (κ3) is 6.81. The average Bonchev–Trinajstić information content (AvgIpc) is 2.77. The van der Waals surface area contributed by atoms with Crippen molar-refractivity contribution >= 4 is 11.4 Å². The van der Waals surface area contributed by atoms with Gasteiger partial charge in [-0.2, -0.15) is 65.9 Å². The van der Waals surface area contributed by atoms with Gasteiger partial charge >= 0.3 is 30.9 Å². The molecule has 0 heterocycles. The van der Waals surface area contributed by atoms with E-state index in [1.807, 2.05) is 0 Å². The minimum absolute atomic E-state index is 0.149. The Bertz CT molecular complexity index is 1310. The average molecular weight is 632 g/mol. The molecule has 0 radical (unpaired) electrons. The number of nitrogen functional groups attached to an aromatic ring is 2. The summed E-state index contributed by atoms with van der Waals surface area (Å²) in [5, 5.41) is 0. The third-order valence-electron chi connectivity index (χ3n) is 5.26. The lowest BCUT2D eigenvalue weighted by atomic mass is 10.1. The molecule has 42 heavy (non-hydrogen) atoms. The molecular formula is C23H11F15N2O2. The first kappa shape index (κ1) is 32.3. The minimum Gasteiger partial charge on any atom is -0.457 e. The van der Waals surface area contributed by atoms with Crippen LogP contribution in [0.5, 0.6) is 23.0 Å². The van der Waals surface area contributed by atoms with Crippen LogP contribution in [-0.4, -0.2) is 0 Å². The van der Waals surface area contributed by atoms with E-state index >= 15 is 0 Å². The highest BCUT2D eigenvalue weighted by molar-refractivity contribution is 5.62. The van der Waals surface area contributed by atoms with Crippen LogP contribution < -0.4 is 20.9 Å². The summed E-state index contributed by atoms with van der Waals surface area (Å²) in [5.74, 6) is -5.99. The number of halogens is 15. The van der Waals surface area contributed by atoms with Crippen molar-refractivity contribution in [3.63, 3.8) is 0 Å². The quantitative estimate of drug-likeness (QED) is 0.222. The monoisotopic (exact) mass is 632 g/mol. The second-order valence-corrected chi connectivity index (χ2v) is 8.19. The van der Waals surface area contributed by atoms with Gasteiger partial charge in [-0.25, -0.2) is 0 Å². The van der Waals surface area contributed by atoms with Gasteiger partial charge in [0.15, 0.2) is 0 Å². The summed E-state index contributed by atoms with van der Waals surface area (Å²) < 4.78 is 211. The van der Waals surface area contributed by atoms with E-state index in [0.717, 1.165) is 0 Å². The molecule has 0 amide bonds. The second-order valence-electron chi connectivity index (χ2n) is 8.19. The highest BCUT2D eigenvalue weighted by Crippen LogP contribution is 2.49. The zero-order valence-electron chi connectivity index (χ0n) is 19.7. The summed E-state index contributed by atoms with van der Waals surface area (Å²) in [5.41, 5.74) is -4.36. The number of hydrogen-bond acceptors (Lipinski definition) is 4. The van der Waals surface area contributed by atoms with Gasteiger partial charge in [0.2, 0.25) is 0 Å². The van der Waals surface area contributed by atoms with E-state index in [9.17, 15) is 65.9 Å². The molecule has 0 aliphatic heterocycles. The van der Waals surface area contributed by atoms with Gasteiger partial charge in [0.1, 0.15) is 28.6 Å². The topological polar surface area (TPSA) is 70.5 Å². The van der Waals surface area contributed by atoms with Gasteiger partial charge in [-0.1, -0.05) is 6.07 Å². The van der Waals surface area contributed by atoms with Crippen LogP contribution in [0.4, 0.5) is 77.2 Å². The Hall–Kier alpha value is -4.19. The van der Waals surface area contributed by atoms with Crippen molar-refractivity contribution in [2.75, 3.05) is 11.5 Å². The fraction of sp³-hybridized carbons (Fsp3) is 0.217. The molecule has 0 unspecified atom stereocenters. The Morgan fingerprint density at radius 2 is 0.690 bits per heavy atom. The molecule has 230 valence electrons. The summed E-state index contributed by atoms with van der Waals surface area (Å²) in [4.78, 5) is 0. The molecule has 0 fully saturated rings. The highest BCUT2D eigenvalue weighted by Gasteiger charge is 2.44. The zero-order valence-corrected chi connectivity index (χ0v) is 19.7. The van der Waals surface area contributed by atoms with Gasteiger partial charge in [0.05, 0.1) is 33.6 Å². The Morgan fingerprint density at radius 1 is 0.429 bits per heavy atom. The molecule has 19 heteroatoms. The van der Waals surface area contributed by atoms with Crippen LogP contribution in [0.1, 0.15) is 27.8 Å². The molecule has 0 bridgehead atoms. The molecule has 3 aromatic rings. The standard InChI is InChI=1S/C23H11F15N2O2/c24-19(25,26)10-4-8(5-11(17(10)39)20(27,28)29)41-14-2-1-3-15(16(14)23(36,37)38)42-9-6-12(21(30,31)32)18(40)13(7-9)22(33,34)35/h1-7H,39-40H2. The predicted octanol–water partition coefficient (Wildman–Crippen LogP) is 9.53. The first-order valence-corrected chi connectivity index (χ1v) is 10.5. The lowest BCUT2D eigenvalue weighted by Gasteiger charge is -2.21. The van der Waals surface area contributed by atoms with E-state index in [2.05, 4.69) is 9.47 Å². The summed E-state index contributed by atoms with van der Waals surface area (Å²) >= 11 is 0. The van der Waals surface area contributed by atoms with Gasteiger partial charge < -0.3 is 20.9 Å². The van der Waals surface area contributed by atoms with Gasteiger partial charge in [0, 0.05) is 0 Å². The highest BCUT2D eigenvalue weighted by atomic mass is 19.4. The summed E-state index contributed by atoms with van der Waals surface area (Å²) in [7, 11) is 0. The maximum absolute atomic E-state index is 14.0. The van der Waals surface area contributed by atoms with Crippen molar-refractivity contribution < 1.29 is 75.3 Å². The van der Waals surface area contributed by atoms with Gasteiger partial charge in [-0.15, -0.1) is 0 Å². The minimum atomic E-state index is -5.65. The Balaban J connectivity index is 2.22. The maximum Gasteiger partial charge on any atom is 0.423 e. The second kappa shape index (κ2) is 10.3. The van der Waals surface area contributed by atoms with Crippen LogP contribution in [0.2, 0.25) is 0 Å². The number of nitrogens with two attached hydrogens (primary N) is 2. The van der Waals surface area contributed by atoms with Crippen molar-refractivity contribution in [2.24, 2.45) is 0 Å². The number of ether oxygens (including phenoxy) is 2. The van der Waals surface area contributed by atoms with Crippen molar-refractivity contribution in [1.29, 1.82) is 0 Å². The number of rotatable bonds is 4. The van der Waals surface area contributed by atoms with Crippen LogP contribution in [-0.2, 0) is 30.9 Å². The normalized spacial score (nSPS) is 13.3. The van der Waals surface area contributed by atoms with Gasteiger partial charge in [-0.05, 0) is 36.4 Å². The van der Waals surface area contributed by atoms with Crippen LogP contribution in [0.15, 0.2) is 42.5 Å². The molecule has 0 spiro atoms. The van der Waals surface area contributed by atoms with Crippen molar-refractivity contribution in [2.45, 2.75) is 30.9 Å². The first-order chi connectivity index (χ1) is 18.8. The van der Waals surface area contributed by atoms with E-state index in [4.69, 9.17) is 11.5 Å². The number of alkyl halides is 15. The number of benzene rings is 3. The Morgan fingerprint density at radius 3 is 0.905 bits per heavy atom. The van der Waals surface area contributed by atoms with E-state index in [0.29, 0.717) is 18.2 Å². The number of hydrogen-bond donors (Lipinski definition) is 2.